The molecule has 2 heterocycles. The van der Waals surface area contributed by atoms with E-state index in [-0.39, 0.29) is 11.7 Å². The van der Waals surface area contributed by atoms with Crippen LogP contribution in [0.1, 0.15) is 37.9 Å². The summed E-state index contributed by atoms with van der Waals surface area (Å²) in [5, 5.41) is 3.40. The largest absolute Gasteiger partial charge is 0.497 e. The maximum absolute atomic E-state index is 6.38. The molecule has 1 spiro atoms. The maximum atomic E-state index is 6.38. The van der Waals surface area contributed by atoms with Gasteiger partial charge in [-0.2, -0.15) is 0 Å². The van der Waals surface area contributed by atoms with Crippen molar-refractivity contribution in [2.24, 2.45) is 0 Å². The van der Waals surface area contributed by atoms with Gasteiger partial charge in [-0.05, 0) is 45.0 Å². The number of nitrogens with one attached hydrogen (secondary N) is 1. The number of rotatable bonds is 3. The molecular formula is C16H23NO3. The SMILES string of the molecule is CCOC1CC2(CCNCC2)Oc2cc(OC)ccc21. The van der Waals surface area contributed by atoms with Gasteiger partial charge in [-0.3, -0.25) is 0 Å². The van der Waals surface area contributed by atoms with Crippen molar-refractivity contribution in [1.29, 1.82) is 0 Å². The molecule has 1 aromatic rings. The van der Waals surface area contributed by atoms with Crippen molar-refractivity contribution in [1.82, 2.24) is 5.32 Å². The summed E-state index contributed by atoms with van der Waals surface area (Å²) >= 11 is 0. The Morgan fingerprint density at radius 3 is 2.85 bits per heavy atom. The second-order valence-electron chi connectivity index (χ2n) is 5.59. The molecule has 4 heteroatoms. The number of methoxy groups -OCH3 is 1. The van der Waals surface area contributed by atoms with Crippen molar-refractivity contribution >= 4 is 0 Å². The average Bonchev–Trinajstić information content (AvgIpc) is 2.47. The highest BCUT2D eigenvalue weighted by molar-refractivity contribution is 5.44. The van der Waals surface area contributed by atoms with Crippen LogP contribution in [0.2, 0.25) is 0 Å². The van der Waals surface area contributed by atoms with Gasteiger partial charge in [0.1, 0.15) is 17.1 Å². The lowest BCUT2D eigenvalue weighted by Gasteiger charge is -2.44. The predicted octanol–water partition coefficient (Wildman–Crippen LogP) is 2.68. The molecule has 1 N–H and O–H groups in total. The summed E-state index contributed by atoms with van der Waals surface area (Å²) in [6.45, 7) is 4.80. The maximum Gasteiger partial charge on any atom is 0.129 e. The summed E-state index contributed by atoms with van der Waals surface area (Å²) in [7, 11) is 1.69. The van der Waals surface area contributed by atoms with Gasteiger partial charge in [-0.1, -0.05) is 0 Å². The number of fused-ring (bicyclic) bond motifs is 1. The lowest BCUT2D eigenvalue weighted by Crippen LogP contribution is -2.49. The molecular weight excluding hydrogens is 254 g/mol. The Bertz CT molecular complexity index is 469. The Hall–Kier alpha value is -1.26. The third-order valence-corrected chi connectivity index (χ3v) is 4.33. The minimum Gasteiger partial charge on any atom is -0.497 e. The number of piperidine rings is 1. The van der Waals surface area contributed by atoms with Crippen LogP contribution in [0.15, 0.2) is 18.2 Å². The lowest BCUT2D eigenvalue weighted by atomic mass is 9.82. The molecule has 3 rings (SSSR count). The zero-order valence-electron chi connectivity index (χ0n) is 12.3. The highest BCUT2D eigenvalue weighted by atomic mass is 16.5. The third-order valence-electron chi connectivity index (χ3n) is 4.33. The van der Waals surface area contributed by atoms with Gasteiger partial charge < -0.3 is 19.5 Å². The second-order valence-corrected chi connectivity index (χ2v) is 5.59. The van der Waals surface area contributed by atoms with Crippen molar-refractivity contribution in [2.75, 3.05) is 26.8 Å². The summed E-state index contributed by atoms with van der Waals surface area (Å²) in [5.41, 5.74) is 1.07. The Kier molecular flexibility index (Phi) is 3.85. The fourth-order valence-corrected chi connectivity index (χ4v) is 3.26. The van der Waals surface area contributed by atoms with E-state index in [2.05, 4.69) is 11.4 Å². The topological polar surface area (TPSA) is 39.7 Å². The lowest BCUT2D eigenvalue weighted by molar-refractivity contribution is -0.0590. The first-order valence-corrected chi connectivity index (χ1v) is 7.45. The van der Waals surface area contributed by atoms with Gasteiger partial charge in [-0.15, -0.1) is 0 Å². The van der Waals surface area contributed by atoms with Crippen LogP contribution >= 0.6 is 0 Å². The van der Waals surface area contributed by atoms with Crippen LogP contribution in [0.5, 0.6) is 11.5 Å². The minimum atomic E-state index is -0.0789. The summed E-state index contributed by atoms with van der Waals surface area (Å²) in [6, 6.07) is 6.04. The van der Waals surface area contributed by atoms with Crippen LogP contribution in [0.25, 0.3) is 0 Å². The Balaban J connectivity index is 1.94. The van der Waals surface area contributed by atoms with Crippen molar-refractivity contribution < 1.29 is 14.2 Å². The van der Waals surface area contributed by atoms with Crippen molar-refractivity contribution in [3.63, 3.8) is 0 Å². The van der Waals surface area contributed by atoms with Crippen LogP contribution in [0.3, 0.4) is 0 Å². The van der Waals surface area contributed by atoms with E-state index in [9.17, 15) is 0 Å². The molecule has 1 saturated heterocycles. The molecule has 0 amide bonds. The van der Waals surface area contributed by atoms with Crippen LogP contribution < -0.4 is 14.8 Å². The standard InChI is InChI=1S/C16H23NO3/c1-3-19-15-11-16(6-8-17-9-7-16)20-14-10-12(18-2)4-5-13(14)15/h4-5,10,15,17H,3,6-9,11H2,1-2H3. The van der Waals surface area contributed by atoms with E-state index < -0.39 is 0 Å². The van der Waals surface area contributed by atoms with Crippen LogP contribution in [-0.2, 0) is 4.74 Å². The van der Waals surface area contributed by atoms with Gasteiger partial charge in [0.15, 0.2) is 0 Å². The highest BCUT2D eigenvalue weighted by Gasteiger charge is 2.42. The minimum absolute atomic E-state index is 0.0789. The summed E-state index contributed by atoms with van der Waals surface area (Å²) in [6.07, 6.45) is 3.15. The molecule has 1 fully saturated rings. The molecule has 0 aliphatic carbocycles. The van der Waals surface area contributed by atoms with E-state index in [1.165, 1.54) is 0 Å². The van der Waals surface area contributed by atoms with E-state index in [4.69, 9.17) is 14.2 Å². The first-order valence-electron chi connectivity index (χ1n) is 7.45. The third kappa shape index (κ3) is 2.50. The fraction of sp³-hybridized carbons (Fsp3) is 0.625. The summed E-state index contributed by atoms with van der Waals surface area (Å²) in [5.74, 6) is 1.76. The Morgan fingerprint density at radius 2 is 2.15 bits per heavy atom. The molecule has 0 bridgehead atoms. The molecule has 110 valence electrons. The predicted molar refractivity (Wildman–Crippen MR) is 77.4 cm³/mol. The second kappa shape index (κ2) is 5.62. The zero-order valence-corrected chi connectivity index (χ0v) is 12.3. The van der Waals surface area contributed by atoms with Gasteiger partial charge in [-0.25, -0.2) is 0 Å². The molecule has 4 nitrogen and oxygen atoms in total. The number of ether oxygens (including phenoxy) is 3. The Morgan fingerprint density at radius 1 is 1.35 bits per heavy atom. The summed E-state index contributed by atoms with van der Waals surface area (Å²) in [4.78, 5) is 0. The van der Waals surface area contributed by atoms with Gasteiger partial charge in [0.25, 0.3) is 0 Å². The molecule has 0 saturated carbocycles. The van der Waals surface area contributed by atoms with E-state index in [1.54, 1.807) is 7.11 Å². The molecule has 1 aromatic carbocycles. The quantitative estimate of drug-likeness (QED) is 0.922. The highest BCUT2D eigenvalue weighted by Crippen LogP contribution is 2.46. The van der Waals surface area contributed by atoms with E-state index >= 15 is 0 Å². The molecule has 2 aliphatic heterocycles. The smallest absolute Gasteiger partial charge is 0.129 e. The van der Waals surface area contributed by atoms with Gasteiger partial charge in [0, 0.05) is 24.7 Å². The van der Waals surface area contributed by atoms with Crippen molar-refractivity contribution in [3.05, 3.63) is 23.8 Å². The Labute approximate surface area is 120 Å². The van der Waals surface area contributed by atoms with Crippen LogP contribution in [0, 0.1) is 0 Å². The van der Waals surface area contributed by atoms with E-state index in [1.807, 2.05) is 19.1 Å². The number of benzene rings is 1. The molecule has 0 radical (unpaired) electrons. The normalized spacial score (nSPS) is 24.0. The number of hydrogen-bond donors (Lipinski definition) is 1. The van der Waals surface area contributed by atoms with E-state index in [0.29, 0.717) is 0 Å². The molecule has 20 heavy (non-hydrogen) atoms. The van der Waals surface area contributed by atoms with E-state index in [0.717, 1.165) is 56.0 Å². The average molecular weight is 277 g/mol. The van der Waals surface area contributed by atoms with Crippen molar-refractivity contribution in [2.45, 2.75) is 37.9 Å². The van der Waals surface area contributed by atoms with Gasteiger partial charge >= 0.3 is 0 Å². The first kappa shape index (κ1) is 13.7. The van der Waals surface area contributed by atoms with Crippen LogP contribution in [0.4, 0.5) is 0 Å². The van der Waals surface area contributed by atoms with Crippen LogP contribution in [-0.4, -0.2) is 32.4 Å². The van der Waals surface area contributed by atoms with Crippen molar-refractivity contribution in [3.8, 4) is 11.5 Å². The zero-order chi connectivity index (χ0) is 14.0. The first-order chi connectivity index (χ1) is 9.76. The monoisotopic (exact) mass is 277 g/mol. The summed E-state index contributed by atoms with van der Waals surface area (Å²) < 4.78 is 17.7. The van der Waals surface area contributed by atoms with Gasteiger partial charge in [0.2, 0.25) is 0 Å². The molecule has 1 unspecified atom stereocenters. The molecule has 1 atom stereocenters. The van der Waals surface area contributed by atoms with Gasteiger partial charge in [0.05, 0.1) is 13.2 Å². The fourth-order valence-electron chi connectivity index (χ4n) is 3.26. The molecule has 2 aliphatic rings. The number of hydrogen-bond acceptors (Lipinski definition) is 4. The molecule has 0 aromatic heterocycles.